The number of benzene rings is 1. The fourth-order valence-electron chi connectivity index (χ4n) is 6.28. The van der Waals surface area contributed by atoms with Crippen molar-refractivity contribution in [3.8, 4) is 5.75 Å². The normalized spacial score (nSPS) is 25.7. The van der Waals surface area contributed by atoms with Crippen molar-refractivity contribution in [2.45, 2.75) is 44.2 Å². The maximum Gasteiger partial charge on any atom is 0.274 e. The van der Waals surface area contributed by atoms with Crippen LogP contribution >= 0.6 is 0 Å². The van der Waals surface area contributed by atoms with Crippen LogP contribution in [0.1, 0.15) is 42.6 Å². The number of Topliss-reactive ketones (excluding diaryl/α,β-unsaturated/α-hetero) is 1. The minimum atomic E-state index is -1.06. The van der Waals surface area contributed by atoms with Gasteiger partial charge in [0.25, 0.3) is 5.91 Å². The van der Waals surface area contributed by atoms with Gasteiger partial charge in [0.1, 0.15) is 24.1 Å². The highest BCUT2D eigenvalue weighted by Gasteiger charge is 2.50. The van der Waals surface area contributed by atoms with Crippen LogP contribution < -0.4 is 15.4 Å². The summed E-state index contributed by atoms with van der Waals surface area (Å²) in [7, 11) is 1.42. The van der Waals surface area contributed by atoms with Gasteiger partial charge in [0, 0.05) is 19.0 Å². The summed E-state index contributed by atoms with van der Waals surface area (Å²) in [6.07, 6.45) is 3.11. The van der Waals surface area contributed by atoms with E-state index in [0.717, 1.165) is 19.3 Å². The maximum absolute atomic E-state index is 15.5. The first-order chi connectivity index (χ1) is 17.8. The molecular weight excluding hydrogens is 483 g/mol. The Labute approximate surface area is 212 Å². The Balaban J connectivity index is 1.42. The van der Waals surface area contributed by atoms with Gasteiger partial charge in [-0.15, -0.1) is 0 Å². The molecule has 3 aliphatic rings. The van der Waals surface area contributed by atoms with E-state index in [4.69, 9.17) is 4.74 Å². The van der Waals surface area contributed by atoms with Gasteiger partial charge >= 0.3 is 0 Å². The van der Waals surface area contributed by atoms with E-state index in [1.165, 1.54) is 12.0 Å². The van der Waals surface area contributed by atoms with Gasteiger partial charge in [-0.25, -0.2) is 4.39 Å². The van der Waals surface area contributed by atoms with Gasteiger partial charge in [-0.2, -0.15) is 0 Å². The number of nitrogens with one attached hydrogen (secondary N) is 3. The van der Waals surface area contributed by atoms with E-state index in [-0.39, 0.29) is 35.2 Å². The van der Waals surface area contributed by atoms with Gasteiger partial charge in [0.05, 0.1) is 24.1 Å². The number of aromatic amines is 1. The molecule has 198 valence electrons. The number of aromatic nitrogens is 1. The number of halogens is 1. The molecule has 5 rings (SSSR count). The molecule has 10 nitrogen and oxygen atoms in total. The molecule has 0 spiro atoms. The van der Waals surface area contributed by atoms with Crippen molar-refractivity contribution in [3.05, 3.63) is 29.7 Å². The van der Waals surface area contributed by atoms with Gasteiger partial charge in [0.15, 0.2) is 11.6 Å². The molecule has 1 aromatic heterocycles. The summed E-state index contributed by atoms with van der Waals surface area (Å²) >= 11 is 0. The van der Waals surface area contributed by atoms with Crippen LogP contribution in [0.3, 0.4) is 0 Å². The molecule has 0 bridgehead atoms. The second-order valence-electron chi connectivity index (χ2n) is 10.2. The van der Waals surface area contributed by atoms with E-state index in [9.17, 15) is 24.3 Å². The number of rotatable bonds is 8. The van der Waals surface area contributed by atoms with E-state index < -0.39 is 48.0 Å². The number of aliphatic hydroxyl groups is 1. The number of hydrogen-bond donors (Lipinski definition) is 4. The van der Waals surface area contributed by atoms with E-state index in [1.54, 1.807) is 18.2 Å². The van der Waals surface area contributed by atoms with Crippen LogP contribution in [-0.4, -0.2) is 77.4 Å². The number of likely N-dealkylation sites (tertiary alicyclic amines) is 1. The maximum atomic E-state index is 15.5. The molecule has 5 atom stereocenters. The number of amides is 3. The lowest BCUT2D eigenvalue weighted by atomic mass is 9.92. The highest BCUT2D eigenvalue weighted by Crippen LogP contribution is 2.43. The van der Waals surface area contributed by atoms with E-state index in [1.807, 2.05) is 0 Å². The topological polar surface area (TPSA) is 141 Å². The summed E-state index contributed by atoms with van der Waals surface area (Å²) in [5, 5.41) is 15.1. The smallest absolute Gasteiger partial charge is 0.274 e. The number of ether oxygens (including phenoxy) is 1. The van der Waals surface area contributed by atoms with Gasteiger partial charge in [-0.3, -0.25) is 19.2 Å². The quantitative estimate of drug-likeness (QED) is 0.416. The Morgan fingerprint density at radius 1 is 1.27 bits per heavy atom. The zero-order valence-corrected chi connectivity index (χ0v) is 20.6. The molecule has 3 heterocycles. The molecule has 4 N–H and O–H groups in total. The predicted octanol–water partition coefficient (Wildman–Crippen LogP) is 1.13. The Morgan fingerprint density at radius 3 is 2.78 bits per heavy atom. The molecule has 2 aromatic rings. The number of ketones is 1. The van der Waals surface area contributed by atoms with Crippen LogP contribution in [0.4, 0.5) is 4.39 Å². The first kappa shape index (κ1) is 25.2. The number of fused-ring (bicyclic) bond motifs is 2. The van der Waals surface area contributed by atoms with Crippen molar-refractivity contribution in [2.24, 2.45) is 17.8 Å². The van der Waals surface area contributed by atoms with Crippen LogP contribution in [0.5, 0.6) is 5.75 Å². The zero-order valence-electron chi connectivity index (χ0n) is 20.6. The second-order valence-corrected chi connectivity index (χ2v) is 10.2. The molecule has 1 saturated carbocycles. The third kappa shape index (κ3) is 4.45. The summed E-state index contributed by atoms with van der Waals surface area (Å²) < 4.78 is 20.7. The van der Waals surface area contributed by atoms with Crippen molar-refractivity contribution in [1.82, 2.24) is 20.5 Å². The molecule has 1 aromatic carbocycles. The van der Waals surface area contributed by atoms with Crippen molar-refractivity contribution >= 4 is 34.4 Å². The third-order valence-corrected chi connectivity index (χ3v) is 8.12. The molecule has 3 amide bonds. The van der Waals surface area contributed by atoms with Crippen LogP contribution in [0.2, 0.25) is 0 Å². The van der Waals surface area contributed by atoms with E-state index in [2.05, 4.69) is 15.6 Å². The Morgan fingerprint density at radius 2 is 2.08 bits per heavy atom. The highest BCUT2D eigenvalue weighted by atomic mass is 19.1. The fourth-order valence-corrected chi connectivity index (χ4v) is 6.28. The third-order valence-electron chi connectivity index (χ3n) is 8.12. The summed E-state index contributed by atoms with van der Waals surface area (Å²) in [5.41, 5.74) is 0.159. The fraction of sp³-hybridized carbons (Fsp3) is 0.538. The minimum Gasteiger partial charge on any atom is -0.496 e. The van der Waals surface area contributed by atoms with Gasteiger partial charge < -0.3 is 30.4 Å². The van der Waals surface area contributed by atoms with Gasteiger partial charge in [0.2, 0.25) is 11.8 Å². The molecule has 1 aliphatic carbocycles. The Hall–Kier alpha value is -3.47. The number of carbonyl (C=O) groups is 4. The number of methoxy groups -OCH3 is 1. The van der Waals surface area contributed by atoms with Gasteiger partial charge in [-0.05, 0) is 49.7 Å². The van der Waals surface area contributed by atoms with Crippen LogP contribution in [0, 0.1) is 23.6 Å². The summed E-state index contributed by atoms with van der Waals surface area (Å²) in [6, 6.07) is 2.99. The van der Waals surface area contributed by atoms with Crippen molar-refractivity contribution in [1.29, 1.82) is 0 Å². The predicted molar refractivity (Wildman–Crippen MR) is 130 cm³/mol. The lowest BCUT2D eigenvalue weighted by molar-refractivity contribution is -0.133. The monoisotopic (exact) mass is 514 g/mol. The number of hydrogen-bond acceptors (Lipinski definition) is 6. The number of nitrogens with zero attached hydrogens (tertiary/aromatic N) is 1. The first-order valence-corrected chi connectivity index (χ1v) is 12.7. The second kappa shape index (κ2) is 10.1. The van der Waals surface area contributed by atoms with E-state index >= 15 is 4.39 Å². The van der Waals surface area contributed by atoms with Crippen molar-refractivity contribution < 1.29 is 33.4 Å². The van der Waals surface area contributed by atoms with Crippen LogP contribution in [0.15, 0.2) is 18.2 Å². The van der Waals surface area contributed by atoms with Crippen molar-refractivity contribution in [3.63, 3.8) is 0 Å². The Kier molecular flexibility index (Phi) is 6.89. The molecule has 2 aliphatic heterocycles. The highest BCUT2D eigenvalue weighted by molar-refractivity contribution is 6.03. The van der Waals surface area contributed by atoms with Crippen LogP contribution in [-0.2, 0) is 14.4 Å². The average molecular weight is 515 g/mol. The standard InChI is InChI=1S/C26H31FN4O6/c1-37-19-7-3-6-16-20(19)21(27)22(29-16)26(36)31-11-14-4-2-5-15(14)23(31)25(35)30-17(18(33)12-32)10-13-8-9-28-24(13)34/h3,6-7,13-15,17,23,29,32H,2,4-5,8-12H2,1H3,(H,28,34)(H,30,35)/t13-,14-,15-,17?,23-/m0/s1. The zero-order chi connectivity index (χ0) is 26.3. The molecule has 1 unspecified atom stereocenters. The first-order valence-electron chi connectivity index (χ1n) is 12.7. The van der Waals surface area contributed by atoms with Crippen LogP contribution in [0.25, 0.3) is 10.9 Å². The number of aliphatic hydroxyl groups excluding tert-OH is 1. The molecule has 0 radical (unpaired) electrons. The average Bonchev–Trinajstić information content (AvgIpc) is 3.66. The lowest BCUT2D eigenvalue weighted by Crippen LogP contribution is -2.53. The molecule has 11 heteroatoms. The SMILES string of the molecule is COc1cccc2[nH]c(C(=O)N3C[C@@H]4CCC[C@@H]4[C@H]3C(=O)NC(C[C@@H]3CCNC3=O)C(=O)CO)c(F)c12. The minimum absolute atomic E-state index is 0.0716. The number of H-pyrrole nitrogens is 1. The summed E-state index contributed by atoms with van der Waals surface area (Å²) in [6.45, 7) is 0.0188. The van der Waals surface area contributed by atoms with E-state index in [0.29, 0.717) is 30.8 Å². The lowest BCUT2D eigenvalue weighted by Gasteiger charge is -2.29. The van der Waals surface area contributed by atoms with Crippen molar-refractivity contribution in [2.75, 3.05) is 26.8 Å². The summed E-state index contributed by atoms with van der Waals surface area (Å²) in [5.74, 6) is -2.87. The van der Waals surface area contributed by atoms with Gasteiger partial charge in [-0.1, -0.05) is 12.5 Å². The molecular formula is C26H31FN4O6. The number of carbonyl (C=O) groups excluding carboxylic acids is 4. The molecule has 37 heavy (non-hydrogen) atoms. The Bertz CT molecular complexity index is 1250. The molecule has 3 fully saturated rings. The largest absolute Gasteiger partial charge is 0.496 e. The molecule has 2 saturated heterocycles. The summed E-state index contributed by atoms with van der Waals surface area (Å²) in [4.78, 5) is 56.1.